The molecule has 0 radical (unpaired) electrons. The molecule has 2 aromatic carbocycles. The van der Waals surface area contributed by atoms with Gasteiger partial charge in [-0.15, -0.1) is 0 Å². The summed E-state index contributed by atoms with van der Waals surface area (Å²) in [5.41, 5.74) is 0.905. The molecule has 0 saturated heterocycles. The van der Waals surface area contributed by atoms with Crippen LogP contribution in [0.1, 0.15) is 6.42 Å². The number of carbonyl (C=O) groups is 2. The topological polar surface area (TPSA) is 58.2 Å². The van der Waals surface area contributed by atoms with Crippen LogP contribution in [0.25, 0.3) is 0 Å². The number of anilines is 2. The Morgan fingerprint density at radius 3 is 2.39 bits per heavy atom. The normalized spacial score (nSPS) is 19.0. The van der Waals surface area contributed by atoms with Crippen molar-refractivity contribution in [2.75, 3.05) is 10.6 Å². The Morgan fingerprint density at radius 2 is 1.70 bits per heavy atom. The van der Waals surface area contributed by atoms with Gasteiger partial charge in [0.15, 0.2) is 0 Å². The number of rotatable bonds is 4. The van der Waals surface area contributed by atoms with E-state index in [0.29, 0.717) is 22.8 Å². The molecule has 0 aromatic heterocycles. The molecule has 6 heteroatoms. The van der Waals surface area contributed by atoms with Crippen LogP contribution in [0.2, 0.25) is 5.02 Å². The van der Waals surface area contributed by atoms with E-state index in [-0.39, 0.29) is 17.7 Å². The van der Waals surface area contributed by atoms with Gasteiger partial charge in [0, 0.05) is 5.69 Å². The van der Waals surface area contributed by atoms with E-state index in [1.54, 1.807) is 30.3 Å². The predicted molar refractivity (Wildman–Crippen MR) is 86.7 cm³/mol. The van der Waals surface area contributed by atoms with Gasteiger partial charge in [0.1, 0.15) is 5.82 Å². The van der Waals surface area contributed by atoms with Crippen LogP contribution < -0.4 is 10.6 Å². The van der Waals surface area contributed by atoms with Crippen LogP contribution in [0.5, 0.6) is 0 Å². The highest BCUT2D eigenvalue weighted by Crippen LogP contribution is 2.40. The van der Waals surface area contributed by atoms with Crippen LogP contribution in [0.3, 0.4) is 0 Å². The van der Waals surface area contributed by atoms with Crippen LogP contribution in [0.15, 0.2) is 48.5 Å². The third-order valence-corrected chi connectivity index (χ3v) is 4.02. The average Bonchev–Trinajstić information content (AvgIpc) is 3.30. The van der Waals surface area contributed by atoms with E-state index >= 15 is 0 Å². The van der Waals surface area contributed by atoms with Crippen LogP contribution >= 0.6 is 11.6 Å². The lowest BCUT2D eigenvalue weighted by Gasteiger charge is -2.07. The van der Waals surface area contributed by atoms with Crippen molar-refractivity contribution in [1.29, 1.82) is 0 Å². The molecular formula is C17H14ClFN2O2. The van der Waals surface area contributed by atoms with Crippen molar-refractivity contribution in [3.05, 3.63) is 59.4 Å². The number of halogens is 2. The highest BCUT2D eigenvalue weighted by molar-refractivity contribution is 6.33. The SMILES string of the molecule is O=C(Nc1cccc(F)c1)C1CC1C(=O)Nc1ccccc1Cl. The van der Waals surface area contributed by atoms with Gasteiger partial charge in [0.25, 0.3) is 0 Å². The summed E-state index contributed by atoms with van der Waals surface area (Å²) in [6, 6.07) is 12.6. The molecule has 0 aliphatic heterocycles. The molecule has 2 amide bonds. The zero-order valence-corrected chi connectivity index (χ0v) is 12.8. The Morgan fingerprint density at radius 1 is 1.00 bits per heavy atom. The van der Waals surface area contributed by atoms with Crippen molar-refractivity contribution in [3.63, 3.8) is 0 Å². The van der Waals surface area contributed by atoms with Crippen molar-refractivity contribution >= 4 is 34.8 Å². The second kappa shape index (κ2) is 6.38. The molecule has 1 fully saturated rings. The van der Waals surface area contributed by atoms with Gasteiger partial charge in [-0.1, -0.05) is 29.8 Å². The zero-order chi connectivity index (χ0) is 16.4. The number of amides is 2. The highest BCUT2D eigenvalue weighted by Gasteiger charge is 2.48. The first kappa shape index (κ1) is 15.5. The first-order chi connectivity index (χ1) is 11.0. The third kappa shape index (κ3) is 3.68. The van der Waals surface area contributed by atoms with Gasteiger partial charge in [-0.05, 0) is 36.8 Å². The molecule has 4 nitrogen and oxygen atoms in total. The van der Waals surface area contributed by atoms with Gasteiger partial charge in [0.05, 0.1) is 22.5 Å². The summed E-state index contributed by atoms with van der Waals surface area (Å²) in [7, 11) is 0. The van der Waals surface area contributed by atoms with Gasteiger partial charge in [-0.2, -0.15) is 0 Å². The fraction of sp³-hybridized carbons (Fsp3) is 0.176. The molecule has 2 aromatic rings. The number of nitrogens with one attached hydrogen (secondary N) is 2. The van der Waals surface area contributed by atoms with Crippen LogP contribution in [0, 0.1) is 17.7 Å². The van der Waals surface area contributed by atoms with E-state index in [4.69, 9.17) is 11.6 Å². The van der Waals surface area contributed by atoms with Gasteiger partial charge in [-0.25, -0.2) is 4.39 Å². The second-order valence-electron chi connectivity index (χ2n) is 5.42. The van der Waals surface area contributed by atoms with E-state index in [2.05, 4.69) is 10.6 Å². The molecule has 2 unspecified atom stereocenters. The summed E-state index contributed by atoms with van der Waals surface area (Å²) < 4.78 is 13.1. The maximum atomic E-state index is 13.1. The van der Waals surface area contributed by atoms with Gasteiger partial charge in [-0.3, -0.25) is 9.59 Å². The molecule has 0 spiro atoms. The van der Waals surface area contributed by atoms with Crippen molar-refractivity contribution < 1.29 is 14.0 Å². The predicted octanol–water partition coefficient (Wildman–Crippen LogP) is 3.69. The molecule has 2 atom stereocenters. The summed E-state index contributed by atoms with van der Waals surface area (Å²) >= 11 is 5.98. The smallest absolute Gasteiger partial charge is 0.228 e. The Hall–Kier alpha value is -2.40. The maximum absolute atomic E-state index is 13.1. The van der Waals surface area contributed by atoms with Crippen molar-refractivity contribution in [2.24, 2.45) is 11.8 Å². The standard InChI is InChI=1S/C17H14ClFN2O2/c18-14-6-1-2-7-15(14)21-17(23)13-9-12(13)16(22)20-11-5-3-4-10(19)8-11/h1-8,12-13H,9H2,(H,20,22)(H,21,23). The summed E-state index contributed by atoms with van der Waals surface area (Å²) in [5, 5.41) is 5.79. The lowest BCUT2D eigenvalue weighted by Crippen LogP contribution is -2.20. The number of benzene rings is 2. The van der Waals surface area contributed by atoms with Gasteiger partial charge < -0.3 is 10.6 Å². The zero-order valence-electron chi connectivity index (χ0n) is 12.1. The first-order valence-corrected chi connectivity index (χ1v) is 7.54. The molecule has 23 heavy (non-hydrogen) atoms. The minimum absolute atomic E-state index is 0.238. The van der Waals surface area contributed by atoms with Crippen molar-refractivity contribution in [2.45, 2.75) is 6.42 Å². The fourth-order valence-electron chi connectivity index (χ4n) is 2.36. The molecular weight excluding hydrogens is 319 g/mol. The molecule has 3 rings (SSSR count). The van der Waals surface area contributed by atoms with E-state index < -0.39 is 11.7 Å². The lowest BCUT2D eigenvalue weighted by molar-refractivity contribution is -0.122. The third-order valence-electron chi connectivity index (χ3n) is 3.69. The van der Waals surface area contributed by atoms with Gasteiger partial charge in [0.2, 0.25) is 11.8 Å². The monoisotopic (exact) mass is 332 g/mol. The molecule has 1 aliphatic rings. The van der Waals surface area contributed by atoms with Gasteiger partial charge >= 0.3 is 0 Å². The van der Waals surface area contributed by atoms with Crippen molar-refractivity contribution in [1.82, 2.24) is 0 Å². The Labute approximate surface area is 137 Å². The molecule has 0 heterocycles. The molecule has 1 saturated carbocycles. The van der Waals surface area contributed by atoms with Crippen LogP contribution in [0.4, 0.5) is 15.8 Å². The average molecular weight is 333 g/mol. The summed E-state index contributed by atoms with van der Waals surface area (Å²) in [6.45, 7) is 0. The van der Waals surface area contributed by atoms with E-state index in [1.165, 1.54) is 18.2 Å². The second-order valence-corrected chi connectivity index (χ2v) is 5.82. The summed E-state index contributed by atoms with van der Waals surface area (Å²) in [6.07, 6.45) is 0.470. The van der Waals surface area contributed by atoms with Crippen molar-refractivity contribution in [3.8, 4) is 0 Å². The Kier molecular flexibility index (Phi) is 4.30. The number of carbonyl (C=O) groups excluding carboxylic acids is 2. The van der Waals surface area contributed by atoms with Crippen LogP contribution in [-0.2, 0) is 9.59 Å². The van der Waals surface area contributed by atoms with E-state index in [0.717, 1.165) is 0 Å². The van der Waals surface area contributed by atoms with Crippen LogP contribution in [-0.4, -0.2) is 11.8 Å². The summed E-state index contributed by atoms with van der Waals surface area (Å²) in [5.74, 6) is -1.74. The highest BCUT2D eigenvalue weighted by atomic mass is 35.5. The lowest BCUT2D eigenvalue weighted by atomic mass is 10.2. The molecule has 1 aliphatic carbocycles. The Bertz CT molecular complexity index is 766. The summed E-state index contributed by atoms with van der Waals surface area (Å²) in [4.78, 5) is 24.2. The van der Waals surface area contributed by atoms with E-state index in [9.17, 15) is 14.0 Å². The molecule has 0 bridgehead atoms. The number of hydrogen-bond acceptors (Lipinski definition) is 2. The number of hydrogen-bond donors (Lipinski definition) is 2. The first-order valence-electron chi connectivity index (χ1n) is 7.16. The minimum Gasteiger partial charge on any atom is -0.326 e. The molecule has 118 valence electrons. The largest absolute Gasteiger partial charge is 0.326 e. The van der Waals surface area contributed by atoms with E-state index in [1.807, 2.05) is 0 Å². The Balaban J connectivity index is 1.57. The quantitative estimate of drug-likeness (QED) is 0.897. The maximum Gasteiger partial charge on any atom is 0.228 e. The number of para-hydroxylation sites is 1. The molecule has 2 N–H and O–H groups in total. The minimum atomic E-state index is -0.424. The fourth-order valence-corrected chi connectivity index (χ4v) is 2.55.